The molecule has 0 radical (unpaired) electrons. The third kappa shape index (κ3) is 4.77. The van der Waals surface area contributed by atoms with Gasteiger partial charge in [-0.2, -0.15) is 8.42 Å². The predicted octanol–water partition coefficient (Wildman–Crippen LogP) is 5.00. The minimum absolute atomic E-state index is 0.0112. The van der Waals surface area contributed by atoms with E-state index in [1.165, 1.54) is 37.4 Å². The lowest BCUT2D eigenvalue weighted by molar-refractivity contribution is 0.413. The standard InChI is InChI=1S/C22H19ClN2O6S2/c1-14-7-9-17(30-2)13-21(14)32(26,27)24-18-10-8-16(23)12-19(18)25-33(28,29)22-11-15-5-3-4-6-20(15)31-22/h3-13,24-25H,1-2H3. The van der Waals surface area contributed by atoms with E-state index in [1.807, 2.05) is 0 Å². The molecule has 4 aromatic rings. The van der Waals surface area contributed by atoms with Crippen LogP contribution in [0.25, 0.3) is 11.0 Å². The van der Waals surface area contributed by atoms with Gasteiger partial charge >= 0.3 is 0 Å². The van der Waals surface area contributed by atoms with Crippen LogP contribution in [-0.4, -0.2) is 23.9 Å². The molecule has 0 aliphatic rings. The zero-order chi connectivity index (χ0) is 23.8. The zero-order valence-corrected chi connectivity index (χ0v) is 19.9. The molecule has 33 heavy (non-hydrogen) atoms. The van der Waals surface area contributed by atoms with Crippen LogP contribution in [0.3, 0.4) is 0 Å². The summed E-state index contributed by atoms with van der Waals surface area (Å²) < 4.78 is 67.5. The molecular formula is C22H19ClN2O6S2. The Bertz CT molecular complexity index is 1530. The Kier molecular flexibility index (Phi) is 6.00. The quantitative estimate of drug-likeness (QED) is 0.364. The van der Waals surface area contributed by atoms with Crippen molar-refractivity contribution in [3.63, 3.8) is 0 Å². The molecule has 11 heteroatoms. The monoisotopic (exact) mass is 506 g/mol. The highest BCUT2D eigenvalue weighted by Gasteiger charge is 2.24. The van der Waals surface area contributed by atoms with Crippen LogP contribution >= 0.6 is 11.6 Å². The molecule has 1 heterocycles. The molecule has 0 spiro atoms. The molecule has 0 bridgehead atoms. The van der Waals surface area contributed by atoms with Gasteiger partial charge in [-0.3, -0.25) is 9.44 Å². The van der Waals surface area contributed by atoms with Crippen molar-refractivity contribution in [1.82, 2.24) is 0 Å². The number of nitrogens with one attached hydrogen (secondary N) is 2. The van der Waals surface area contributed by atoms with Gasteiger partial charge in [0.15, 0.2) is 0 Å². The van der Waals surface area contributed by atoms with Gasteiger partial charge in [-0.05, 0) is 42.8 Å². The summed E-state index contributed by atoms with van der Waals surface area (Å²) in [6, 6.07) is 17.0. The summed E-state index contributed by atoms with van der Waals surface area (Å²) in [6.07, 6.45) is 0. The van der Waals surface area contributed by atoms with Crippen molar-refractivity contribution in [2.75, 3.05) is 16.6 Å². The molecule has 0 amide bonds. The highest BCUT2D eigenvalue weighted by atomic mass is 35.5. The Morgan fingerprint density at radius 1 is 0.848 bits per heavy atom. The first-order valence-electron chi connectivity index (χ1n) is 9.57. The van der Waals surface area contributed by atoms with Gasteiger partial charge in [0.2, 0.25) is 5.09 Å². The average molecular weight is 507 g/mol. The lowest BCUT2D eigenvalue weighted by Crippen LogP contribution is -2.18. The molecular weight excluding hydrogens is 488 g/mol. The molecule has 0 saturated carbocycles. The second kappa shape index (κ2) is 8.62. The van der Waals surface area contributed by atoms with Gasteiger partial charge in [0.25, 0.3) is 20.0 Å². The Balaban J connectivity index is 1.71. The van der Waals surface area contributed by atoms with Crippen LogP contribution in [0.2, 0.25) is 5.02 Å². The SMILES string of the molecule is COc1ccc(C)c(S(=O)(=O)Nc2ccc(Cl)cc2NS(=O)(=O)c2cc3ccccc3o2)c1. The van der Waals surface area contributed by atoms with Crippen molar-refractivity contribution in [1.29, 1.82) is 0 Å². The Labute approximate surface area is 196 Å². The molecule has 1 aromatic heterocycles. The summed E-state index contributed by atoms with van der Waals surface area (Å²) in [7, 11) is -6.84. The van der Waals surface area contributed by atoms with Gasteiger partial charge in [0.05, 0.1) is 23.4 Å². The third-order valence-electron chi connectivity index (χ3n) is 4.82. The second-order valence-electron chi connectivity index (χ2n) is 7.14. The maximum atomic E-state index is 13.1. The van der Waals surface area contributed by atoms with Gasteiger partial charge in [-0.15, -0.1) is 0 Å². The molecule has 0 unspecified atom stereocenters. The number of methoxy groups -OCH3 is 1. The number of hydrogen-bond acceptors (Lipinski definition) is 6. The topological polar surface area (TPSA) is 115 Å². The van der Waals surface area contributed by atoms with Crippen molar-refractivity contribution >= 4 is 54.0 Å². The van der Waals surface area contributed by atoms with E-state index < -0.39 is 20.0 Å². The maximum Gasteiger partial charge on any atom is 0.295 e. The van der Waals surface area contributed by atoms with Crippen molar-refractivity contribution in [2.45, 2.75) is 16.9 Å². The molecule has 0 aliphatic heterocycles. The fourth-order valence-corrected chi connectivity index (χ4v) is 5.72. The van der Waals surface area contributed by atoms with E-state index in [0.717, 1.165) is 0 Å². The first-order valence-corrected chi connectivity index (χ1v) is 12.9. The van der Waals surface area contributed by atoms with Crippen LogP contribution in [0, 0.1) is 6.92 Å². The van der Waals surface area contributed by atoms with Crippen LogP contribution in [0.1, 0.15) is 5.56 Å². The van der Waals surface area contributed by atoms with Crippen LogP contribution < -0.4 is 14.2 Å². The zero-order valence-electron chi connectivity index (χ0n) is 17.5. The molecule has 8 nitrogen and oxygen atoms in total. The number of aryl methyl sites for hydroxylation is 1. The number of halogens is 1. The number of fused-ring (bicyclic) bond motifs is 1. The van der Waals surface area contributed by atoms with Crippen molar-refractivity contribution in [2.24, 2.45) is 0 Å². The molecule has 2 N–H and O–H groups in total. The number of ether oxygens (including phenoxy) is 1. The molecule has 0 saturated heterocycles. The van der Waals surface area contributed by atoms with E-state index in [9.17, 15) is 16.8 Å². The summed E-state index contributed by atoms with van der Waals surface area (Å²) in [6.45, 7) is 1.64. The van der Waals surface area contributed by atoms with Crippen molar-refractivity contribution in [3.05, 3.63) is 77.3 Å². The Morgan fingerprint density at radius 2 is 1.58 bits per heavy atom. The van der Waals surface area contributed by atoms with Crippen LogP contribution in [-0.2, 0) is 20.0 Å². The van der Waals surface area contributed by atoms with Gasteiger partial charge in [0.1, 0.15) is 11.3 Å². The summed E-state index contributed by atoms with van der Waals surface area (Å²) >= 11 is 6.06. The van der Waals surface area contributed by atoms with Crippen LogP contribution in [0.15, 0.2) is 81.1 Å². The summed E-state index contributed by atoms with van der Waals surface area (Å²) in [4.78, 5) is -0.0112. The number of rotatable bonds is 7. The minimum atomic E-state index is -4.18. The maximum absolute atomic E-state index is 13.1. The van der Waals surface area contributed by atoms with Crippen molar-refractivity contribution in [3.8, 4) is 5.75 Å². The summed E-state index contributed by atoms with van der Waals surface area (Å²) in [5, 5.41) is 0.498. The molecule has 172 valence electrons. The fourth-order valence-electron chi connectivity index (χ4n) is 3.17. The smallest absolute Gasteiger partial charge is 0.295 e. The Hall–Kier alpha value is -3.21. The summed E-state index contributed by atoms with van der Waals surface area (Å²) in [5.41, 5.74) is 0.813. The largest absolute Gasteiger partial charge is 0.497 e. The minimum Gasteiger partial charge on any atom is -0.497 e. The van der Waals surface area contributed by atoms with Crippen molar-refractivity contribution < 1.29 is 26.0 Å². The molecule has 4 rings (SSSR count). The lowest BCUT2D eigenvalue weighted by Gasteiger charge is -2.15. The number of sulfonamides is 2. The van der Waals surface area contributed by atoms with Gasteiger partial charge < -0.3 is 9.15 Å². The van der Waals surface area contributed by atoms with E-state index in [0.29, 0.717) is 22.3 Å². The van der Waals surface area contributed by atoms with Gasteiger partial charge in [0, 0.05) is 22.5 Å². The first kappa shape index (κ1) is 23.0. The molecule has 0 atom stereocenters. The third-order valence-corrected chi connectivity index (χ3v) is 7.78. The number of benzene rings is 3. The van der Waals surface area contributed by atoms with Crippen LogP contribution in [0.4, 0.5) is 11.4 Å². The van der Waals surface area contributed by atoms with Gasteiger partial charge in [-0.1, -0.05) is 35.9 Å². The average Bonchev–Trinajstić information content (AvgIpc) is 3.21. The van der Waals surface area contributed by atoms with Gasteiger partial charge in [-0.25, -0.2) is 8.42 Å². The molecule has 0 aliphatic carbocycles. The number of hydrogen-bond donors (Lipinski definition) is 2. The number of furan rings is 1. The van der Waals surface area contributed by atoms with E-state index in [2.05, 4.69) is 9.44 Å². The van der Waals surface area contributed by atoms with E-state index in [1.54, 1.807) is 43.3 Å². The van der Waals surface area contributed by atoms with Crippen LogP contribution in [0.5, 0.6) is 5.75 Å². The highest BCUT2D eigenvalue weighted by molar-refractivity contribution is 7.93. The van der Waals surface area contributed by atoms with E-state index in [-0.39, 0.29) is 26.4 Å². The van der Waals surface area contributed by atoms with E-state index in [4.69, 9.17) is 20.8 Å². The lowest BCUT2D eigenvalue weighted by atomic mass is 10.2. The predicted molar refractivity (Wildman–Crippen MR) is 127 cm³/mol. The molecule has 0 fully saturated rings. The Morgan fingerprint density at radius 3 is 2.30 bits per heavy atom. The second-order valence-corrected chi connectivity index (χ2v) is 10.8. The highest BCUT2D eigenvalue weighted by Crippen LogP contribution is 2.32. The summed E-state index contributed by atoms with van der Waals surface area (Å²) in [5.74, 6) is 0.364. The number of anilines is 2. The van der Waals surface area contributed by atoms with E-state index >= 15 is 0 Å². The number of para-hydroxylation sites is 1. The normalized spacial score (nSPS) is 12.0. The molecule has 3 aromatic carbocycles. The first-order chi connectivity index (χ1) is 15.6. The fraction of sp³-hybridized carbons (Fsp3) is 0.0909.